The van der Waals surface area contributed by atoms with E-state index in [4.69, 9.17) is 10.8 Å². The zero-order chi connectivity index (χ0) is 9.52. The van der Waals surface area contributed by atoms with Gasteiger partial charge in [0, 0.05) is 19.6 Å². The van der Waals surface area contributed by atoms with Crippen molar-refractivity contribution in [3.63, 3.8) is 0 Å². The molecule has 4 N–H and O–H groups in total. The molecule has 0 bridgehead atoms. The second-order valence-electron chi connectivity index (χ2n) is 3.01. The maximum Gasteiger partial charge on any atom is 0.0786 e. The fourth-order valence-electron chi connectivity index (χ4n) is 1.06. The average molecular weight is 180 g/mol. The van der Waals surface area contributed by atoms with Gasteiger partial charge in [0.15, 0.2) is 0 Å². The van der Waals surface area contributed by atoms with Gasteiger partial charge in [-0.1, -0.05) is 30.3 Å². The highest BCUT2D eigenvalue weighted by molar-refractivity contribution is 5.14. The molecule has 0 aliphatic carbocycles. The molecular formula is C10H16N2O. The molecule has 0 unspecified atom stereocenters. The lowest BCUT2D eigenvalue weighted by Gasteiger charge is -2.08. The van der Waals surface area contributed by atoms with Crippen LogP contribution in [0.3, 0.4) is 0 Å². The third kappa shape index (κ3) is 4.03. The molecule has 0 spiro atoms. The minimum Gasteiger partial charge on any atom is -0.390 e. The van der Waals surface area contributed by atoms with E-state index < -0.39 is 6.10 Å². The van der Waals surface area contributed by atoms with Gasteiger partial charge in [-0.25, -0.2) is 0 Å². The Labute approximate surface area is 78.6 Å². The second kappa shape index (κ2) is 5.70. The van der Waals surface area contributed by atoms with Crippen LogP contribution in [0, 0.1) is 0 Å². The van der Waals surface area contributed by atoms with Crippen LogP contribution in [0.1, 0.15) is 5.56 Å². The van der Waals surface area contributed by atoms with E-state index in [2.05, 4.69) is 5.32 Å². The zero-order valence-electron chi connectivity index (χ0n) is 7.61. The van der Waals surface area contributed by atoms with Crippen LogP contribution in [0.2, 0.25) is 0 Å². The molecule has 0 aliphatic heterocycles. The first kappa shape index (κ1) is 10.2. The average Bonchev–Trinajstić information content (AvgIpc) is 2.19. The van der Waals surface area contributed by atoms with Gasteiger partial charge in [-0.3, -0.25) is 0 Å². The lowest BCUT2D eigenvalue weighted by atomic mass is 10.2. The topological polar surface area (TPSA) is 58.3 Å². The number of hydrogen-bond donors (Lipinski definition) is 3. The van der Waals surface area contributed by atoms with E-state index in [9.17, 15) is 0 Å². The molecule has 0 saturated heterocycles. The highest BCUT2D eigenvalue weighted by atomic mass is 16.3. The van der Waals surface area contributed by atoms with Crippen molar-refractivity contribution in [1.82, 2.24) is 5.32 Å². The molecule has 1 aromatic rings. The first-order valence-electron chi connectivity index (χ1n) is 4.45. The third-order valence-electron chi connectivity index (χ3n) is 1.82. The Morgan fingerprint density at radius 1 is 1.31 bits per heavy atom. The summed E-state index contributed by atoms with van der Waals surface area (Å²) < 4.78 is 0. The largest absolute Gasteiger partial charge is 0.390 e. The van der Waals surface area contributed by atoms with E-state index in [0.717, 1.165) is 6.54 Å². The van der Waals surface area contributed by atoms with E-state index in [1.54, 1.807) is 0 Å². The van der Waals surface area contributed by atoms with Crippen molar-refractivity contribution < 1.29 is 5.11 Å². The smallest absolute Gasteiger partial charge is 0.0786 e. The summed E-state index contributed by atoms with van der Waals surface area (Å²) in [5.41, 5.74) is 6.48. The van der Waals surface area contributed by atoms with Crippen molar-refractivity contribution >= 4 is 0 Å². The van der Waals surface area contributed by atoms with Crippen molar-refractivity contribution in [1.29, 1.82) is 0 Å². The molecule has 13 heavy (non-hydrogen) atoms. The number of aliphatic hydroxyl groups excluding tert-OH is 1. The van der Waals surface area contributed by atoms with Crippen LogP contribution in [-0.4, -0.2) is 24.3 Å². The summed E-state index contributed by atoms with van der Waals surface area (Å²) in [7, 11) is 0. The van der Waals surface area contributed by atoms with Crippen molar-refractivity contribution in [2.75, 3.05) is 13.1 Å². The van der Waals surface area contributed by atoms with Gasteiger partial charge >= 0.3 is 0 Å². The zero-order valence-corrected chi connectivity index (χ0v) is 7.61. The van der Waals surface area contributed by atoms with Gasteiger partial charge in [-0.15, -0.1) is 0 Å². The number of nitrogens with one attached hydrogen (secondary N) is 1. The number of nitrogens with two attached hydrogens (primary N) is 1. The molecule has 1 aromatic carbocycles. The lowest BCUT2D eigenvalue weighted by Crippen LogP contribution is -2.32. The van der Waals surface area contributed by atoms with Gasteiger partial charge < -0.3 is 16.2 Å². The molecule has 0 amide bonds. The van der Waals surface area contributed by atoms with E-state index in [1.807, 2.05) is 30.3 Å². The van der Waals surface area contributed by atoms with Gasteiger partial charge in [0.2, 0.25) is 0 Å². The van der Waals surface area contributed by atoms with Crippen molar-refractivity contribution in [3.8, 4) is 0 Å². The van der Waals surface area contributed by atoms with Gasteiger partial charge in [-0.2, -0.15) is 0 Å². The molecule has 1 atom stereocenters. The summed E-state index contributed by atoms with van der Waals surface area (Å²) in [6.07, 6.45) is -0.441. The molecule has 1 rings (SSSR count). The summed E-state index contributed by atoms with van der Waals surface area (Å²) >= 11 is 0. The lowest BCUT2D eigenvalue weighted by molar-refractivity contribution is 0.179. The monoisotopic (exact) mass is 180 g/mol. The number of aliphatic hydroxyl groups is 1. The summed E-state index contributed by atoms with van der Waals surface area (Å²) in [4.78, 5) is 0. The molecule has 0 fully saturated rings. The molecule has 3 nitrogen and oxygen atoms in total. The van der Waals surface area contributed by atoms with Crippen LogP contribution in [0.5, 0.6) is 0 Å². The standard InChI is InChI=1S/C10H16N2O/c11-6-10(13)8-12-7-9-4-2-1-3-5-9/h1-5,10,12-13H,6-8,11H2/t10-/m1/s1. The Bertz CT molecular complexity index is 226. The maximum absolute atomic E-state index is 9.15. The van der Waals surface area contributed by atoms with Crippen LogP contribution >= 0.6 is 0 Å². The maximum atomic E-state index is 9.15. The summed E-state index contributed by atoms with van der Waals surface area (Å²) in [5.74, 6) is 0. The highest BCUT2D eigenvalue weighted by Crippen LogP contribution is 1.96. The molecule has 72 valence electrons. The summed E-state index contributed by atoms with van der Waals surface area (Å²) in [5, 5.41) is 12.3. The molecule has 0 heterocycles. The second-order valence-corrected chi connectivity index (χ2v) is 3.01. The normalized spacial score (nSPS) is 12.8. The Morgan fingerprint density at radius 3 is 2.62 bits per heavy atom. The number of rotatable bonds is 5. The van der Waals surface area contributed by atoms with Gasteiger partial charge in [0.05, 0.1) is 6.10 Å². The highest BCUT2D eigenvalue weighted by Gasteiger charge is 1.98. The number of benzene rings is 1. The van der Waals surface area contributed by atoms with Crippen LogP contribution < -0.4 is 11.1 Å². The van der Waals surface area contributed by atoms with Crippen molar-refractivity contribution in [3.05, 3.63) is 35.9 Å². The van der Waals surface area contributed by atoms with Gasteiger partial charge in [0.25, 0.3) is 0 Å². The van der Waals surface area contributed by atoms with E-state index >= 15 is 0 Å². The van der Waals surface area contributed by atoms with Crippen LogP contribution in [0.25, 0.3) is 0 Å². The fourth-order valence-corrected chi connectivity index (χ4v) is 1.06. The predicted octanol–water partition coefficient (Wildman–Crippen LogP) is 0.0958. The van der Waals surface area contributed by atoms with Crippen LogP contribution in [0.15, 0.2) is 30.3 Å². The first-order chi connectivity index (χ1) is 6.33. The molecule has 3 heteroatoms. The summed E-state index contributed by atoms with van der Waals surface area (Å²) in [6.45, 7) is 1.63. The van der Waals surface area contributed by atoms with Crippen molar-refractivity contribution in [2.45, 2.75) is 12.6 Å². The summed E-state index contributed by atoms with van der Waals surface area (Å²) in [6, 6.07) is 10.1. The fraction of sp³-hybridized carbons (Fsp3) is 0.400. The quantitative estimate of drug-likeness (QED) is 0.602. The Kier molecular flexibility index (Phi) is 4.46. The van der Waals surface area contributed by atoms with Gasteiger partial charge in [0.1, 0.15) is 0 Å². The van der Waals surface area contributed by atoms with Crippen molar-refractivity contribution in [2.24, 2.45) is 5.73 Å². The van der Waals surface area contributed by atoms with E-state index in [1.165, 1.54) is 5.56 Å². The Balaban J connectivity index is 2.20. The van der Waals surface area contributed by atoms with E-state index in [-0.39, 0.29) is 0 Å². The van der Waals surface area contributed by atoms with Gasteiger partial charge in [-0.05, 0) is 5.56 Å². The molecule has 0 saturated carbocycles. The molecule has 0 aromatic heterocycles. The minimum atomic E-state index is -0.441. The molecule has 0 radical (unpaired) electrons. The predicted molar refractivity (Wildman–Crippen MR) is 53.2 cm³/mol. The molecular weight excluding hydrogens is 164 g/mol. The first-order valence-corrected chi connectivity index (χ1v) is 4.45. The number of hydrogen-bond acceptors (Lipinski definition) is 3. The van der Waals surface area contributed by atoms with Crippen LogP contribution in [-0.2, 0) is 6.54 Å². The minimum absolute atomic E-state index is 0.307. The Morgan fingerprint density at radius 2 is 2.00 bits per heavy atom. The Hall–Kier alpha value is -0.900. The van der Waals surface area contributed by atoms with Crippen LogP contribution in [0.4, 0.5) is 0 Å². The molecule has 0 aliphatic rings. The third-order valence-corrected chi connectivity index (χ3v) is 1.82. The SMILES string of the molecule is NC[C@@H](O)CNCc1ccccc1. The van der Waals surface area contributed by atoms with E-state index in [0.29, 0.717) is 13.1 Å².